The van der Waals surface area contributed by atoms with Gasteiger partial charge in [0.1, 0.15) is 24.6 Å². The van der Waals surface area contributed by atoms with Gasteiger partial charge in [-0.3, -0.25) is 4.99 Å². The number of aliphatic imine (C=N–C) groups is 1. The van der Waals surface area contributed by atoms with Crippen molar-refractivity contribution in [2.24, 2.45) is 4.99 Å². The lowest BCUT2D eigenvalue weighted by atomic mass is 9.92. The molecule has 3 nitrogen and oxygen atoms in total. The van der Waals surface area contributed by atoms with Crippen molar-refractivity contribution in [2.75, 3.05) is 0 Å². The minimum atomic E-state index is 0. The second-order valence-electron chi connectivity index (χ2n) is 9.86. The Balaban J connectivity index is 0.00000361. The lowest BCUT2D eigenvalue weighted by Crippen LogP contribution is -3.00. The van der Waals surface area contributed by atoms with E-state index in [-0.39, 0.29) is 18.4 Å². The number of hydrogen-bond donors (Lipinski definition) is 0. The molecule has 36 heavy (non-hydrogen) atoms. The molecular weight excluding hydrogens is 462 g/mol. The first-order valence-electron chi connectivity index (χ1n) is 12.8. The molecule has 4 aromatic rings. The van der Waals surface area contributed by atoms with Crippen molar-refractivity contribution >= 4 is 5.71 Å². The van der Waals surface area contributed by atoms with Crippen molar-refractivity contribution in [3.8, 4) is 5.69 Å². The molecule has 0 bridgehead atoms. The smallest absolute Gasteiger partial charge is 0.249 e. The molecule has 1 aromatic heterocycles. The van der Waals surface area contributed by atoms with E-state index in [0.29, 0.717) is 11.8 Å². The molecule has 0 unspecified atom stereocenters. The second-order valence-corrected chi connectivity index (χ2v) is 9.86. The lowest BCUT2D eigenvalue weighted by molar-refractivity contribution is -0.681. The molecule has 0 spiro atoms. The summed E-state index contributed by atoms with van der Waals surface area (Å²) in [6, 6.07) is 28.1. The van der Waals surface area contributed by atoms with E-state index >= 15 is 0 Å². The SMILES string of the molecule is CC[C@H](N=C(C[n+]1ccn(-c2c(C(C)C)cccc2C(C)C)c1)c1ccccc1)c1ccccc1.[Cl-]. The molecular formula is C32H38ClN3. The zero-order valence-electron chi connectivity index (χ0n) is 22.1. The average molecular weight is 500 g/mol. The Hall–Kier alpha value is -3.17. The minimum Gasteiger partial charge on any atom is -1.00 e. The van der Waals surface area contributed by atoms with E-state index in [0.717, 1.165) is 18.7 Å². The van der Waals surface area contributed by atoms with E-state index in [2.05, 4.69) is 141 Å². The Morgan fingerprint density at radius 1 is 0.806 bits per heavy atom. The van der Waals surface area contributed by atoms with E-state index in [4.69, 9.17) is 4.99 Å². The highest BCUT2D eigenvalue weighted by molar-refractivity contribution is 5.99. The fourth-order valence-corrected chi connectivity index (χ4v) is 4.70. The summed E-state index contributed by atoms with van der Waals surface area (Å²) in [6.07, 6.45) is 7.54. The van der Waals surface area contributed by atoms with Gasteiger partial charge in [-0.05, 0) is 29.4 Å². The van der Waals surface area contributed by atoms with Crippen molar-refractivity contribution < 1.29 is 17.0 Å². The van der Waals surface area contributed by atoms with Crippen molar-refractivity contribution in [2.45, 2.75) is 65.5 Å². The predicted octanol–water partition coefficient (Wildman–Crippen LogP) is 4.66. The van der Waals surface area contributed by atoms with Crippen LogP contribution < -0.4 is 17.0 Å². The first kappa shape index (κ1) is 27.4. The highest BCUT2D eigenvalue weighted by atomic mass is 35.5. The molecule has 1 atom stereocenters. The van der Waals surface area contributed by atoms with Crippen LogP contribution in [0, 0.1) is 0 Å². The van der Waals surface area contributed by atoms with Crippen LogP contribution in [0.1, 0.15) is 81.2 Å². The highest BCUT2D eigenvalue weighted by Gasteiger charge is 2.21. The number of aromatic nitrogens is 2. The van der Waals surface area contributed by atoms with Crippen molar-refractivity contribution in [1.29, 1.82) is 0 Å². The summed E-state index contributed by atoms with van der Waals surface area (Å²) in [5, 5.41) is 0. The van der Waals surface area contributed by atoms with Crippen LogP contribution in [0.3, 0.4) is 0 Å². The van der Waals surface area contributed by atoms with Crippen molar-refractivity contribution in [3.05, 3.63) is 120 Å². The summed E-state index contributed by atoms with van der Waals surface area (Å²) in [5.41, 5.74) is 7.61. The van der Waals surface area contributed by atoms with Gasteiger partial charge in [0.2, 0.25) is 6.33 Å². The quantitative estimate of drug-likeness (QED) is 0.236. The molecule has 4 rings (SSSR count). The van der Waals surface area contributed by atoms with Crippen LogP contribution in [0.15, 0.2) is 103 Å². The molecule has 188 valence electrons. The molecule has 0 radical (unpaired) electrons. The number of nitrogens with zero attached hydrogens (tertiary/aromatic N) is 3. The average Bonchev–Trinajstić information content (AvgIpc) is 3.35. The Morgan fingerprint density at radius 3 is 1.94 bits per heavy atom. The molecule has 0 saturated heterocycles. The minimum absolute atomic E-state index is 0. The van der Waals surface area contributed by atoms with Gasteiger partial charge in [-0.2, -0.15) is 0 Å². The fraction of sp³-hybridized carbons (Fsp3) is 0.312. The van der Waals surface area contributed by atoms with Crippen LogP contribution >= 0.6 is 0 Å². The largest absolute Gasteiger partial charge is 1.00 e. The van der Waals surface area contributed by atoms with E-state index in [1.807, 2.05) is 0 Å². The van der Waals surface area contributed by atoms with Gasteiger partial charge >= 0.3 is 0 Å². The van der Waals surface area contributed by atoms with Crippen molar-refractivity contribution in [3.63, 3.8) is 0 Å². The van der Waals surface area contributed by atoms with E-state index in [9.17, 15) is 0 Å². The maximum absolute atomic E-state index is 5.29. The Kier molecular flexibility index (Phi) is 9.66. The highest BCUT2D eigenvalue weighted by Crippen LogP contribution is 2.30. The third-order valence-corrected chi connectivity index (χ3v) is 6.61. The van der Waals surface area contributed by atoms with Gasteiger partial charge in [0.15, 0.2) is 0 Å². The Labute approximate surface area is 223 Å². The number of hydrogen-bond acceptors (Lipinski definition) is 1. The number of para-hydroxylation sites is 1. The molecule has 0 fully saturated rings. The number of halogens is 1. The van der Waals surface area contributed by atoms with E-state index in [1.165, 1.54) is 27.9 Å². The third kappa shape index (κ3) is 6.33. The first-order chi connectivity index (χ1) is 17.0. The zero-order valence-corrected chi connectivity index (χ0v) is 22.9. The van der Waals surface area contributed by atoms with Crippen LogP contribution in [0.4, 0.5) is 0 Å². The third-order valence-electron chi connectivity index (χ3n) is 6.61. The maximum Gasteiger partial charge on any atom is 0.249 e. The molecule has 4 heteroatoms. The number of rotatable bonds is 9. The normalized spacial score (nSPS) is 12.6. The predicted molar refractivity (Wildman–Crippen MR) is 147 cm³/mol. The van der Waals surface area contributed by atoms with E-state index in [1.54, 1.807) is 0 Å². The van der Waals surface area contributed by atoms with Gasteiger partial charge in [-0.25, -0.2) is 9.13 Å². The number of imidazole rings is 1. The maximum atomic E-state index is 5.29. The molecule has 3 aromatic carbocycles. The topological polar surface area (TPSA) is 21.2 Å². The molecule has 0 amide bonds. The summed E-state index contributed by atoms with van der Waals surface area (Å²) < 4.78 is 4.55. The lowest BCUT2D eigenvalue weighted by Gasteiger charge is -2.16. The van der Waals surface area contributed by atoms with Gasteiger partial charge in [0.05, 0.1) is 11.8 Å². The van der Waals surface area contributed by atoms with E-state index < -0.39 is 0 Å². The van der Waals surface area contributed by atoms with Crippen molar-refractivity contribution in [1.82, 2.24) is 4.57 Å². The summed E-state index contributed by atoms with van der Waals surface area (Å²) in [6.45, 7) is 12.0. The Morgan fingerprint density at radius 2 is 1.39 bits per heavy atom. The Bertz CT molecular complexity index is 1230. The summed E-state index contributed by atoms with van der Waals surface area (Å²) in [4.78, 5) is 5.29. The summed E-state index contributed by atoms with van der Waals surface area (Å²) >= 11 is 0. The van der Waals surface area contributed by atoms with Crippen LogP contribution in [-0.4, -0.2) is 10.3 Å². The van der Waals surface area contributed by atoms with Crippen LogP contribution in [0.25, 0.3) is 5.69 Å². The monoisotopic (exact) mass is 499 g/mol. The van der Waals surface area contributed by atoms with Crippen LogP contribution in [-0.2, 0) is 6.54 Å². The second kappa shape index (κ2) is 12.7. The van der Waals surface area contributed by atoms with Gasteiger partial charge in [0.25, 0.3) is 0 Å². The molecule has 0 aliphatic heterocycles. The summed E-state index contributed by atoms with van der Waals surface area (Å²) in [5.74, 6) is 0.911. The van der Waals surface area contributed by atoms with Gasteiger partial charge in [0, 0.05) is 11.1 Å². The van der Waals surface area contributed by atoms with Gasteiger partial charge < -0.3 is 12.4 Å². The molecule has 1 heterocycles. The van der Waals surface area contributed by atoms with Crippen LogP contribution in [0.5, 0.6) is 0 Å². The van der Waals surface area contributed by atoms with Gasteiger partial charge in [-0.15, -0.1) is 0 Å². The molecule has 0 saturated carbocycles. The molecule has 0 N–H and O–H groups in total. The molecule has 0 aliphatic carbocycles. The van der Waals surface area contributed by atoms with Gasteiger partial charge in [-0.1, -0.05) is 113 Å². The summed E-state index contributed by atoms with van der Waals surface area (Å²) in [7, 11) is 0. The fourth-order valence-electron chi connectivity index (χ4n) is 4.70. The standard InChI is InChI=1S/C32H38N3.ClH/c1-6-30(26-14-9-7-10-15-26)33-31(27-16-11-8-12-17-27)22-34-20-21-35(23-34)32-28(24(2)3)18-13-19-29(32)25(4)5;/h7-21,23-25,30H,6,22H2,1-5H3;1H/q+1;/p-1/t30-;/m0./s1. The number of benzene rings is 3. The zero-order chi connectivity index (χ0) is 24.8. The first-order valence-corrected chi connectivity index (χ1v) is 12.8. The van der Waals surface area contributed by atoms with Crippen LogP contribution in [0.2, 0.25) is 0 Å². The molecule has 0 aliphatic rings.